The Morgan fingerprint density at radius 3 is 2.59 bits per heavy atom. The van der Waals surface area contributed by atoms with Gasteiger partial charge in [-0.1, -0.05) is 6.07 Å². The van der Waals surface area contributed by atoms with Crippen LogP contribution in [0.25, 0.3) is 0 Å². The molecule has 4 heterocycles. The predicted molar refractivity (Wildman–Crippen MR) is 104 cm³/mol. The van der Waals surface area contributed by atoms with Crippen LogP contribution in [0.3, 0.4) is 0 Å². The number of pyridine rings is 1. The van der Waals surface area contributed by atoms with Gasteiger partial charge in [0.15, 0.2) is 0 Å². The lowest BCUT2D eigenvalue weighted by Gasteiger charge is -2.36. The number of piperidine rings is 1. The molecule has 6 nitrogen and oxygen atoms in total. The van der Waals surface area contributed by atoms with Crippen molar-refractivity contribution in [3.8, 4) is 0 Å². The molecule has 2 aliphatic heterocycles. The molecule has 0 aromatic carbocycles. The predicted octanol–water partition coefficient (Wildman–Crippen LogP) is 2.66. The van der Waals surface area contributed by atoms with Crippen molar-refractivity contribution in [3.05, 3.63) is 48.0 Å². The monoisotopic (exact) mass is 367 g/mol. The smallest absolute Gasteiger partial charge is 0.244 e. The molecule has 6 heteroatoms. The fraction of sp³-hybridized carbons (Fsp3) is 0.571. The molecule has 0 saturated carbocycles. The minimum absolute atomic E-state index is 0.175. The summed E-state index contributed by atoms with van der Waals surface area (Å²) in [6, 6.07) is 3.80. The highest BCUT2D eigenvalue weighted by Gasteiger charge is 2.34. The molecule has 2 saturated heterocycles. The van der Waals surface area contributed by atoms with Gasteiger partial charge in [-0.15, -0.1) is 0 Å². The number of hydrogen-bond acceptors (Lipinski definition) is 4. The van der Waals surface area contributed by atoms with Gasteiger partial charge in [-0.3, -0.25) is 19.4 Å². The van der Waals surface area contributed by atoms with Crippen LogP contribution in [0.5, 0.6) is 0 Å². The highest BCUT2D eigenvalue weighted by molar-refractivity contribution is 5.83. The fourth-order valence-corrected chi connectivity index (χ4v) is 4.39. The topological polar surface area (TPSA) is 54.3 Å². The summed E-state index contributed by atoms with van der Waals surface area (Å²) >= 11 is 0. The number of likely N-dealkylation sites (tertiary alicyclic amines) is 2. The van der Waals surface area contributed by atoms with E-state index in [1.807, 2.05) is 29.2 Å². The molecule has 2 aliphatic rings. The first-order valence-electron chi connectivity index (χ1n) is 10.1. The number of carbonyl (C=O) groups is 1. The summed E-state index contributed by atoms with van der Waals surface area (Å²) in [5.74, 6) is 0.843. The van der Waals surface area contributed by atoms with E-state index < -0.39 is 0 Å². The van der Waals surface area contributed by atoms with Crippen molar-refractivity contribution in [3.63, 3.8) is 0 Å². The summed E-state index contributed by atoms with van der Waals surface area (Å²) in [5.41, 5.74) is 2.23. The summed E-state index contributed by atoms with van der Waals surface area (Å²) in [4.78, 5) is 22.1. The molecule has 0 radical (unpaired) electrons. The van der Waals surface area contributed by atoms with Crippen molar-refractivity contribution in [2.24, 2.45) is 5.92 Å². The first kappa shape index (κ1) is 18.2. The molecule has 1 atom stereocenters. The maximum absolute atomic E-state index is 13.4. The fourth-order valence-electron chi connectivity index (χ4n) is 4.39. The Bertz CT molecular complexity index is 745. The zero-order valence-corrected chi connectivity index (χ0v) is 16.1. The first-order chi connectivity index (χ1) is 13.2. The van der Waals surface area contributed by atoms with Crippen LogP contribution in [-0.2, 0) is 11.3 Å². The van der Waals surface area contributed by atoms with Gasteiger partial charge in [0.2, 0.25) is 5.91 Å². The highest BCUT2D eigenvalue weighted by atomic mass is 16.2. The minimum atomic E-state index is -0.175. The Balaban J connectivity index is 1.40. The van der Waals surface area contributed by atoms with Crippen LogP contribution in [0.2, 0.25) is 0 Å². The molecule has 1 amide bonds. The van der Waals surface area contributed by atoms with Gasteiger partial charge in [-0.05, 0) is 68.8 Å². The van der Waals surface area contributed by atoms with Crippen LogP contribution in [0.4, 0.5) is 0 Å². The first-order valence-corrected chi connectivity index (χ1v) is 10.1. The number of hydrogen-bond donors (Lipinski definition) is 0. The summed E-state index contributed by atoms with van der Waals surface area (Å²) in [6.07, 6.45) is 12.1. The third kappa shape index (κ3) is 4.21. The third-order valence-corrected chi connectivity index (χ3v) is 5.87. The Morgan fingerprint density at radius 2 is 1.96 bits per heavy atom. The van der Waals surface area contributed by atoms with Crippen molar-refractivity contribution in [2.45, 2.75) is 45.2 Å². The normalized spacial score (nSPS) is 20.1. The van der Waals surface area contributed by atoms with Crippen LogP contribution in [0.15, 0.2) is 36.9 Å². The van der Waals surface area contributed by atoms with Crippen molar-refractivity contribution >= 4 is 5.91 Å². The Kier molecular flexibility index (Phi) is 5.53. The second-order valence-electron chi connectivity index (χ2n) is 7.94. The second-order valence-corrected chi connectivity index (χ2v) is 7.94. The lowest BCUT2D eigenvalue weighted by Crippen LogP contribution is -2.46. The van der Waals surface area contributed by atoms with E-state index in [-0.39, 0.29) is 11.9 Å². The van der Waals surface area contributed by atoms with Gasteiger partial charge >= 0.3 is 0 Å². The van der Waals surface area contributed by atoms with Crippen molar-refractivity contribution < 1.29 is 4.79 Å². The van der Waals surface area contributed by atoms with Crippen LogP contribution in [0, 0.1) is 12.8 Å². The summed E-state index contributed by atoms with van der Waals surface area (Å²) in [5, 5.41) is 4.41. The average molecular weight is 367 g/mol. The third-order valence-electron chi connectivity index (χ3n) is 5.87. The van der Waals surface area contributed by atoms with Gasteiger partial charge in [0.25, 0.3) is 0 Å². The van der Waals surface area contributed by atoms with E-state index in [9.17, 15) is 4.79 Å². The van der Waals surface area contributed by atoms with E-state index in [0.717, 1.165) is 51.1 Å². The number of aryl methyl sites for hydroxylation is 1. The Labute approximate surface area is 161 Å². The van der Waals surface area contributed by atoms with Crippen molar-refractivity contribution in [1.29, 1.82) is 0 Å². The Hall–Kier alpha value is -2.21. The number of rotatable bonds is 5. The summed E-state index contributed by atoms with van der Waals surface area (Å²) in [6.45, 7) is 6.71. The summed E-state index contributed by atoms with van der Waals surface area (Å²) < 4.78 is 2.04. The lowest BCUT2D eigenvalue weighted by atomic mass is 9.95. The second kappa shape index (κ2) is 8.21. The van der Waals surface area contributed by atoms with E-state index in [2.05, 4.69) is 33.0 Å². The molecular weight excluding hydrogens is 338 g/mol. The van der Waals surface area contributed by atoms with Crippen LogP contribution in [-0.4, -0.2) is 56.7 Å². The van der Waals surface area contributed by atoms with E-state index in [0.29, 0.717) is 5.92 Å². The van der Waals surface area contributed by atoms with E-state index >= 15 is 0 Å². The standard InChI is InChI=1S/C21H29N5O/c1-17-13-23-26(15-17)16-18-6-11-25(12-7-18)21(27)20(24-9-2-3-10-24)19-5-4-8-22-14-19/h4-5,8,13-15,18,20H,2-3,6-7,9-12,16H2,1H3/t20-/m0/s1. The largest absolute Gasteiger partial charge is 0.341 e. The van der Waals surface area contributed by atoms with Crippen LogP contribution >= 0.6 is 0 Å². The number of nitrogens with zero attached hydrogens (tertiary/aromatic N) is 5. The highest BCUT2D eigenvalue weighted by Crippen LogP contribution is 2.29. The van der Waals surface area contributed by atoms with Crippen molar-refractivity contribution in [1.82, 2.24) is 24.6 Å². The zero-order valence-electron chi connectivity index (χ0n) is 16.1. The maximum atomic E-state index is 13.4. The molecule has 2 aromatic heterocycles. The van der Waals surface area contributed by atoms with Crippen LogP contribution in [0.1, 0.15) is 42.9 Å². The van der Waals surface area contributed by atoms with E-state index in [1.54, 1.807) is 6.20 Å². The van der Waals surface area contributed by atoms with E-state index in [1.165, 1.54) is 18.4 Å². The number of carbonyl (C=O) groups excluding carboxylic acids is 1. The maximum Gasteiger partial charge on any atom is 0.244 e. The molecule has 2 aromatic rings. The molecule has 0 N–H and O–H groups in total. The molecule has 2 fully saturated rings. The minimum Gasteiger partial charge on any atom is -0.341 e. The Morgan fingerprint density at radius 1 is 1.19 bits per heavy atom. The molecular formula is C21H29N5O. The molecule has 0 aliphatic carbocycles. The number of aromatic nitrogens is 3. The quantitative estimate of drug-likeness (QED) is 0.815. The molecule has 0 spiro atoms. The van der Waals surface area contributed by atoms with E-state index in [4.69, 9.17) is 0 Å². The van der Waals surface area contributed by atoms with Gasteiger partial charge in [0, 0.05) is 38.2 Å². The van der Waals surface area contributed by atoms with Gasteiger partial charge in [-0.2, -0.15) is 5.10 Å². The lowest BCUT2D eigenvalue weighted by molar-refractivity contribution is -0.138. The van der Waals surface area contributed by atoms with Crippen molar-refractivity contribution in [2.75, 3.05) is 26.2 Å². The molecule has 0 bridgehead atoms. The van der Waals surface area contributed by atoms with Crippen LogP contribution < -0.4 is 0 Å². The van der Waals surface area contributed by atoms with Gasteiger partial charge in [-0.25, -0.2) is 0 Å². The zero-order chi connectivity index (χ0) is 18.6. The number of amides is 1. The summed E-state index contributed by atoms with van der Waals surface area (Å²) in [7, 11) is 0. The average Bonchev–Trinajstić information content (AvgIpc) is 3.36. The molecule has 27 heavy (non-hydrogen) atoms. The SMILES string of the molecule is Cc1cnn(CC2CCN(C(=O)[C@H](c3cccnc3)N3CCCC3)CC2)c1. The molecule has 0 unspecified atom stereocenters. The van der Waals surface area contributed by atoms with Gasteiger partial charge in [0.05, 0.1) is 6.20 Å². The molecule has 144 valence electrons. The van der Waals surface area contributed by atoms with Gasteiger partial charge < -0.3 is 4.90 Å². The van der Waals surface area contributed by atoms with Gasteiger partial charge in [0.1, 0.15) is 6.04 Å². The molecule has 4 rings (SSSR count).